The molecule has 1 N–H and O–H groups in total. The van der Waals surface area contributed by atoms with Crippen LogP contribution in [0, 0.1) is 11.3 Å². The number of aromatic hydroxyl groups is 1. The van der Waals surface area contributed by atoms with E-state index in [0.717, 1.165) is 5.56 Å². The second kappa shape index (κ2) is 8.02. The number of benzene rings is 2. The number of carbonyl (C=O) groups excluding carboxylic acids is 1. The summed E-state index contributed by atoms with van der Waals surface area (Å²) in [7, 11) is 0. The van der Waals surface area contributed by atoms with Crippen LogP contribution in [-0.2, 0) is 13.0 Å². The van der Waals surface area contributed by atoms with Crippen LogP contribution in [0.5, 0.6) is 5.75 Å². The Morgan fingerprint density at radius 1 is 1.15 bits per heavy atom. The lowest BCUT2D eigenvalue weighted by molar-refractivity contribution is 0.103. The van der Waals surface area contributed by atoms with E-state index in [2.05, 4.69) is 15.9 Å². The quantitative estimate of drug-likeness (QED) is 0.635. The average molecular weight is 423 g/mol. The maximum atomic E-state index is 12.8. The summed E-state index contributed by atoms with van der Waals surface area (Å²) in [5, 5.41) is 19.3. The van der Waals surface area contributed by atoms with Gasteiger partial charge in [0, 0.05) is 22.8 Å². The van der Waals surface area contributed by atoms with Gasteiger partial charge in [0.1, 0.15) is 17.4 Å². The molecule has 3 aromatic rings. The number of rotatable bonds is 5. The highest BCUT2D eigenvalue weighted by molar-refractivity contribution is 9.10. The standard InChI is InChI=1S/C21H15BrN2O3/c22-17-6-7-19(25)18(11-17)20(26)16-10-15(12-23)21(27)24(13-16)9-8-14-4-2-1-3-5-14/h1-7,10-11,13,25H,8-9H2. The fourth-order valence-electron chi connectivity index (χ4n) is 2.75. The van der Waals surface area contributed by atoms with Crippen molar-refractivity contribution in [1.29, 1.82) is 5.26 Å². The normalized spacial score (nSPS) is 10.4. The van der Waals surface area contributed by atoms with Crippen molar-refractivity contribution < 1.29 is 9.90 Å². The predicted octanol–water partition coefficient (Wildman–Crippen LogP) is 3.66. The van der Waals surface area contributed by atoms with E-state index in [1.165, 1.54) is 29.0 Å². The molecule has 0 unspecified atom stereocenters. The molecule has 0 saturated heterocycles. The van der Waals surface area contributed by atoms with Crippen LogP contribution in [0.4, 0.5) is 0 Å². The molecule has 0 amide bonds. The number of pyridine rings is 1. The third-order valence-electron chi connectivity index (χ3n) is 4.16. The van der Waals surface area contributed by atoms with Crippen molar-refractivity contribution in [2.75, 3.05) is 0 Å². The molecule has 0 atom stereocenters. The molecule has 0 radical (unpaired) electrons. The molecule has 3 rings (SSSR count). The van der Waals surface area contributed by atoms with Crippen LogP contribution in [-0.4, -0.2) is 15.5 Å². The lowest BCUT2D eigenvalue weighted by atomic mass is 10.0. The molecule has 0 bridgehead atoms. The Labute approximate surface area is 164 Å². The van der Waals surface area contributed by atoms with Gasteiger partial charge in [-0.3, -0.25) is 9.59 Å². The van der Waals surface area contributed by atoms with Gasteiger partial charge >= 0.3 is 0 Å². The van der Waals surface area contributed by atoms with Gasteiger partial charge in [-0.25, -0.2) is 0 Å². The number of ketones is 1. The van der Waals surface area contributed by atoms with Crippen molar-refractivity contribution in [3.63, 3.8) is 0 Å². The Hall–Kier alpha value is -3.17. The Bertz CT molecular complexity index is 1100. The maximum absolute atomic E-state index is 12.8. The molecule has 6 heteroatoms. The summed E-state index contributed by atoms with van der Waals surface area (Å²) < 4.78 is 2.01. The number of phenolic OH excluding ortho intramolecular Hbond substituents is 1. The third kappa shape index (κ3) is 4.15. The van der Waals surface area contributed by atoms with E-state index >= 15 is 0 Å². The number of aryl methyl sites for hydroxylation is 2. The van der Waals surface area contributed by atoms with Crippen LogP contribution >= 0.6 is 15.9 Å². The number of halogens is 1. The number of aromatic nitrogens is 1. The number of nitriles is 1. The smallest absolute Gasteiger partial charge is 0.268 e. The summed E-state index contributed by atoms with van der Waals surface area (Å²) in [5.41, 5.74) is 0.769. The SMILES string of the molecule is N#Cc1cc(C(=O)c2cc(Br)ccc2O)cn(CCc2ccccc2)c1=O. The van der Waals surface area contributed by atoms with E-state index in [9.17, 15) is 20.0 Å². The summed E-state index contributed by atoms with van der Waals surface area (Å²) in [6.07, 6.45) is 2.03. The number of nitrogens with zero attached hydrogens (tertiary/aromatic N) is 2. The Morgan fingerprint density at radius 3 is 2.59 bits per heavy atom. The van der Waals surface area contributed by atoms with Gasteiger partial charge < -0.3 is 9.67 Å². The zero-order chi connectivity index (χ0) is 19.4. The molecule has 0 spiro atoms. The summed E-state index contributed by atoms with van der Waals surface area (Å²) in [4.78, 5) is 25.2. The molecule has 0 aliphatic heterocycles. The van der Waals surface area contributed by atoms with Gasteiger partial charge in [0.25, 0.3) is 5.56 Å². The monoisotopic (exact) mass is 422 g/mol. The second-order valence-corrected chi connectivity index (χ2v) is 6.89. The third-order valence-corrected chi connectivity index (χ3v) is 4.65. The van der Waals surface area contributed by atoms with Crippen molar-refractivity contribution in [1.82, 2.24) is 4.57 Å². The summed E-state index contributed by atoms with van der Waals surface area (Å²) >= 11 is 3.27. The van der Waals surface area contributed by atoms with Crippen molar-refractivity contribution >= 4 is 21.7 Å². The first-order chi connectivity index (χ1) is 13.0. The largest absolute Gasteiger partial charge is 0.507 e. The molecule has 0 fully saturated rings. The number of phenols is 1. The topological polar surface area (TPSA) is 83.1 Å². The molecule has 2 aromatic carbocycles. The fraction of sp³-hybridized carbons (Fsp3) is 0.0952. The van der Waals surface area contributed by atoms with Gasteiger partial charge in [0.05, 0.1) is 5.56 Å². The maximum Gasteiger partial charge on any atom is 0.268 e. The molecule has 0 saturated carbocycles. The zero-order valence-electron chi connectivity index (χ0n) is 14.2. The molecule has 5 nitrogen and oxygen atoms in total. The van der Waals surface area contributed by atoms with E-state index in [4.69, 9.17) is 0 Å². The van der Waals surface area contributed by atoms with Gasteiger partial charge in [-0.1, -0.05) is 46.3 Å². The van der Waals surface area contributed by atoms with E-state index < -0.39 is 11.3 Å². The summed E-state index contributed by atoms with van der Waals surface area (Å²) in [6.45, 7) is 0.336. The molecule has 0 aliphatic rings. The van der Waals surface area contributed by atoms with Gasteiger partial charge in [-0.15, -0.1) is 0 Å². The van der Waals surface area contributed by atoms with E-state index in [0.29, 0.717) is 17.4 Å². The Morgan fingerprint density at radius 2 is 1.89 bits per heavy atom. The highest BCUT2D eigenvalue weighted by atomic mass is 79.9. The van der Waals surface area contributed by atoms with Crippen LogP contribution < -0.4 is 5.56 Å². The highest BCUT2D eigenvalue weighted by Gasteiger charge is 2.17. The van der Waals surface area contributed by atoms with Crippen LogP contribution in [0.2, 0.25) is 0 Å². The summed E-state index contributed by atoms with van der Waals surface area (Å²) in [5.74, 6) is -0.623. The first kappa shape index (κ1) is 18.6. The van der Waals surface area contributed by atoms with Gasteiger partial charge in [0.2, 0.25) is 0 Å². The molecular weight excluding hydrogens is 408 g/mol. The van der Waals surface area contributed by atoms with Crippen molar-refractivity contribution in [2.45, 2.75) is 13.0 Å². The molecule has 134 valence electrons. The fourth-order valence-corrected chi connectivity index (χ4v) is 3.11. The lowest BCUT2D eigenvalue weighted by Crippen LogP contribution is -2.25. The van der Waals surface area contributed by atoms with Crippen molar-refractivity contribution in [2.24, 2.45) is 0 Å². The number of carbonyl (C=O) groups is 1. The summed E-state index contributed by atoms with van der Waals surface area (Å²) in [6, 6.07) is 17.3. The molecular formula is C21H15BrN2O3. The lowest BCUT2D eigenvalue weighted by Gasteiger charge is -2.10. The molecule has 1 heterocycles. The highest BCUT2D eigenvalue weighted by Crippen LogP contribution is 2.24. The first-order valence-electron chi connectivity index (χ1n) is 8.21. The zero-order valence-corrected chi connectivity index (χ0v) is 15.8. The molecule has 0 aliphatic carbocycles. The van der Waals surface area contributed by atoms with Crippen LogP contribution in [0.1, 0.15) is 27.0 Å². The van der Waals surface area contributed by atoms with E-state index in [1.54, 1.807) is 6.07 Å². The molecule has 27 heavy (non-hydrogen) atoms. The van der Waals surface area contributed by atoms with Gasteiger partial charge in [-0.2, -0.15) is 5.26 Å². The molecule has 1 aromatic heterocycles. The van der Waals surface area contributed by atoms with E-state index in [-0.39, 0.29) is 22.4 Å². The van der Waals surface area contributed by atoms with Gasteiger partial charge in [0.15, 0.2) is 5.78 Å². The Kier molecular flexibility index (Phi) is 5.53. The average Bonchev–Trinajstić information content (AvgIpc) is 2.69. The van der Waals surface area contributed by atoms with Crippen LogP contribution in [0.3, 0.4) is 0 Å². The van der Waals surface area contributed by atoms with Gasteiger partial charge in [-0.05, 0) is 36.2 Å². The van der Waals surface area contributed by atoms with Crippen molar-refractivity contribution in [3.05, 3.63) is 97.9 Å². The number of hydrogen-bond acceptors (Lipinski definition) is 4. The second-order valence-electron chi connectivity index (χ2n) is 5.98. The van der Waals surface area contributed by atoms with Crippen LogP contribution in [0.25, 0.3) is 0 Å². The minimum Gasteiger partial charge on any atom is -0.507 e. The van der Waals surface area contributed by atoms with Crippen LogP contribution in [0.15, 0.2) is 70.1 Å². The first-order valence-corrected chi connectivity index (χ1v) is 9.00. The van der Waals surface area contributed by atoms with Crippen molar-refractivity contribution in [3.8, 4) is 11.8 Å². The Balaban J connectivity index is 1.99. The minimum atomic E-state index is -0.459. The minimum absolute atomic E-state index is 0.0986. The van der Waals surface area contributed by atoms with E-state index in [1.807, 2.05) is 36.4 Å². The number of hydrogen-bond donors (Lipinski definition) is 1. The predicted molar refractivity (Wildman–Crippen MR) is 105 cm³/mol.